The smallest absolute Gasteiger partial charge is 0.257 e. The summed E-state index contributed by atoms with van der Waals surface area (Å²) < 4.78 is 41.2. The highest BCUT2D eigenvalue weighted by atomic mass is 32.1. The van der Waals surface area contributed by atoms with Gasteiger partial charge in [0.15, 0.2) is 6.61 Å². The van der Waals surface area contributed by atoms with Gasteiger partial charge in [-0.15, -0.1) is 11.3 Å². The lowest BCUT2D eigenvalue weighted by atomic mass is 9.96. The Morgan fingerprint density at radius 3 is 2.65 bits per heavy atom. The van der Waals surface area contributed by atoms with Gasteiger partial charge in [-0.05, 0) is 56.5 Å². The third-order valence-corrected chi connectivity index (χ3v) is 10.1. The molecule has 0 fully saturated rings. The molecular weight excluding hydrogens is 649 g/mol. The largest absolute Gasteiger partial charge is 0.483 e. The summed E-state index contributed by atoms with van der Waals surface area (Å²) in [6.45, 7) is 9.45. The van der Waals surface area contributed by atoms with Crippen molar-refractivity contribution in [3.63, 3.8) is 0 Å². The number of fused-ring (bicyclic) bond motifs is 3. The molecule has 0 saturated heterocycles. The van der Waals surface area contributed by atoms with Gasteiger partial charge in [-0.3, -0.25) is 14.3 Å². The van der Waals surface area contributed by atoms with Gasteiger partial charge in [0.2, 0.25) is 5.91 Å². The van der Waals surface area contributed by atoms with Crippen LogP contribution in [0.4, 0.5) is 8.78 Å². The molecule has 13 heteroatoms. The van der Waals surface area contributed by atoms with E-state index in [9.17, 15) is 14.0 Å². The van der Waals surface area contributed by atoms with Gasteiger partial charge in [-0.2, -0.15) is 5.10 Å². The molecule has 0 spiro atoms. The van der Waals surface area contributed by atoms with Gasteiger partial charge in [0.1, 0.15) is 34.6 Å². The Morgan fingerprint density at radius 1 is 1.10 bits per heavy atom. The molecule has 250 valence electrons. The number of imidazole rings is 1. The predicted octanol–water partition coefficient (Wildman–Crippen LogP) is 6.57. The van der Waals surface area contributed by atoms with Gasteiger partial charge in [0.05, 0.1) is 40.6 Å². The van der Waals surface area contributed by atoms with Crippen molar-refractivity contribution in [2.24, 2.45) is 7.05 Å². The minimum absolute atomic E-state index is 0.0431. The number of aromatic nitrogens is 5. The SMILES string of the molecule is C=CC(=O)N1[C@H](C)c2cc(-c3nc(-c4ccc5c(c4)nc(C)n5C)c4ccsc4c3-c3c(F)cc(F)cc3OCC(=O)NC)nn2C[C@@H]1C. The molecule has 49 heavy (non-hydrogen) atoms. The minimum Gasteiger partial charge on any atom is -0.483 e. The van der Waals surface area contributed by atoms with Crippen molar-refractivity contribution in [1.29, 1.82) is 0 Å². The second kappa shape index (κ2) is 12.2. The number of carbonyl (C=O) groups excluding carboxylic acids is 2. The lowest BCUT2D eigenvalue weighted by Crippen LogP contribution is -2.46. The Balaban J connectivity index is 1.51. The molecule has 0 bridgehead atoms. The number of nitrogens with zero attached hydrogens (tertiary/aromatic N) is 6. The van der Waals surface area contributed by atoms with E-state index < -0.39 is 24.1 Å². The fourth-order valence-corrected chi connectivity index (χ4v) is 7.61. The van der Waals surface area contributed by atoms with Crippen LogP contribution in [-0.4, -0.2) is 60.7 Å². The molecule has 5 heterocycles. The molecule has 0 unspecified atom stereocenters. The maximum Gasteiger partial charge on any atom is 0.257 e. The fraction of sp³-hybridized carbons (Fsp3) is 0.250. The number of pyridine rings is 1. The maximum atomic E-state index is 16.2. The Morgan fingerprint density at radius 2 is 1.90 bits per heavy atom. The highest BCUT2D eigenvalue weighted by Gasteiger charge is 2.34. The molecule has 1 aliphatic rings. The number of amides is 2. The fourth-order valence-electron chi connectivity index (χ4n) is 6.66. The van der Waals surface area contributed by atoms with Crippen LogP contribution in [0.1, 0.15) is 31.4 Å². The summed E-state index contributed by atoms with van der Waals surface area (Å²) >= 11 is 1.38. The number of hydrogen-bond donors (Lipinski definition) is 1. The van der Waals surface area contributed by atoms with Crippen molar-refractivity contribution in [2.75, 3.05) is 13.7 Å². The standard InChI is InChI=1S/C36H33F2N7O3S/c1-7-31(47)45-18(2)16-44-28(19(45)3)15-26(42-44)35-33(32-24(38)13-22(37)14-29(32)48-17-30(46)39-5)36-23(10-11-49-36)34(41-35)21-8-9-27-25(12-21)40-20(4)43(27)6/h7-15,18-19H,1,16-17H2,2-6H3,(H,39,46)/t18-,19+/m0/s1. The number of rotatable bonds is 7. The van der Waals surface area contributed by atoms with E-state index in [1.807, 2.05) is 72.8 Å². The summed E-state index contributed by atoms with van der Waals surface area (Å²) in [4.78, 5) is 36.7. The van der Waals surface area contributed by atoms with Crippen molar-refractivity contribution in [3.8, 4) is 39.5 Å². The summed E-state index contributed by atoms with van der Waals surface area (Å²) in [5, 5.41) is 10.1. The highest BCUT2D eigenvalue weighted by molar-refractivity contribution is 7.18. The van der Waals surface area contributed by atoms with E-state index in [-0.39, 0.29) is 29.3 Å². The Labute approximate surface area is 284 Å². The summed E-state index contributed by atoms with van der Waals surface area (Å²) in [5.74, 6) is -1.67. The summed E-state index contributed by atoms with van der Waals surface area (Å²) in [5.41, 5.74) is 5.04. The predicted molar refractivity (Wildman–Crippen MR) is 185 cm³/mol. The first-order valence-electron chi connectivity index (χ1n) is 15.7. The van der Waals surface area contributed by atoms with Crippen molar-refractivity contribution < 1.29 is 23.1 Å². The van der Waals surface area contributed by atoms with Crippen LogP contribution in [0.15, 0.2) is 60.5 Å². The van der Waals surface area contributed by atoms with Gasteiger partial charge in [0.25, 0.3) is 5.91 Å². The average Bonchev–Trinajstić information content (AvgIpc) is 3.80. The molecule has 1 aliphatic heterocycles. The highest BCUT2D eigenvalue weighted by Crippen LogP contribution is 2.47. The minimum atomic E-state index is -0.878. The summed E-state index contributed by atoms with van der Waals surface area (Å²) in [7, 11) is 3.41. The molecule has 1 N–H and O–H groups in total. The molecule has 2 atom stereocenters. The first-order chi connectivity index (χ1) is 23.5. The van der Waals surface area contributed by atoms with E-state index in [1.165, 1.54) is 24.5 Å². The number of ether oxygens (including phenoxy) is 1. The molecule has 7 rings (SSSR count). The number of likely N-dealkylation sites (N-methyl/N-ethyl adjacent to an activating group) is 1. The Kier molecular flexibility index (Phi) is 8.02. The van der Waals surface area contributed by atoms with Crippen LogP contribution in [0.3, 0.4) is 0 Å². The lowest BCUT2D eigenvalue weighted by molar-refractivity contribution is -0.132. The summed E-state index contributed by atoms with van der Waals surface area (Å²) in [6.07, 6.45) is 1.30. The van der Waals surface area contributed by atoms with E-state index in [0.29, 0.717) is 33.9 Å². The van der Waals surface area contributed by atoms with Crippen molar-refractivity contribution in [3.05, 3.63) is 83.7 Å². The van der Waals surface area contributed by atoms with Crippen LogP contribution in [-0.2, 0) is 23.2 Å². The van der Waals surface area contributed by atoms with Crippen LogP contribution in [0.25, 0.3) is 54.9 Å². The van der Waals surface area contributed by atoms with Crippen LogP contribution in [0.2, 0.25) is 0 Å². The first kappa shape index (κ1) is 32.1. The van der Waals surface area contributed by atoms with Crippen molar-refractivity contribution >= 4 is 44.3 Å². The molecule has 0 aliphatic carbocycles. The topological polar surface area (TPSA) is 107 Å². The summed E-state index contributed by atoms with van der Waals surface area (Å²) in [6, 6.07) is 11.1. The van der Waals surface area contributed by atoms with Crippen molar-refractivity contribution in [1.82, 2.24) is 34.5 Å². The van der Waals surface area contributed by atoms with Gasteiger partial charge < -0.3 is 19.5 Å². The van der Waals surface area contributed by atoms with Crippen LogP contribution >= 0.6 is 11.3 Å². The molecular formula is C36H33F2N7O3S. The van der Waals surface area contributed by atoms with E-state index >= 15 is 4.39 Å². The molecule has 2 amide bonds. The zero-order valence-corrected chi connectivity index (χ0v) is 28.4. The van der Waals surface area contributed by atoms with Gasteiger partial charge in [-0.1, -0.05) is 12.6 Å². The van der Waals surface area contributed by atoms with Gasteiger partial charge in [-0.25, -0.2) is 18.7 Å². The van der Waals surface area contributed by atoms with Crippen LogP contribution in [0, 0.1) is 18.6 Å². The Hall–Kier alpha value is -5.43. The monoisotopic (exact) mass is 681 g/mol. The third kappa shape index (κ3) is 5.34. The molecule has 4 aromatic heterocycles. The molecule has 10 nitrogen and oxygen atoms in total. The number of thiophene rings is 1. The van der Waals surface area contributed by atoms with Crippen LogP contribution < -0.4 is 10.1 Å². The third-order valence-electron chi connectivity index (χ3n) is 9.13. The lowest BCUT2D eigenvalue weighted by Gasteiger charge is -2.38. The first-order valence-corrected chi connectivity index (χ1v) is 16.6. The molecule has 0 saturated carbocycles. The molecule has 6 aromatic rings. The van der Waals surface area contributed by atoms with E-state index in [0.717, 1.165) is 45.6 Å². The van der Waals surface area contributed by atoms with E-state index in [4.69, 9.17) is 19.8 Å². The molecule has 0 radical (unpaired) electrons. The quantitative estimate of drug-likeness (QED) is 0.191. The number of hydrogen-bond acceptors (Lipinski definition) is 7. The number of halogens is 2. The second-order valence-corrected chi connectivity index (χ2v) is 13.0. The average molecular weight is 682 g/mol. The van der Waals surface area contributed by atoms with Gasteiger partial charge >= 0.3 is 0 Å². The maximum absolute atomic E-state index is 16.2. The second-order valence-electron chi connectivity index (χ2n) is 12.1. The van der Waals surface area contributed by atoms with E-state index in [1.54, 1.807) is 4.90 Å². The zero-order chi connectivity index (χ0) is 34.7. The number of benzene rings is 2. The number of nitrogens with one attached hydrogen (secondary N) is 1. The normalized spacial score (nSPS) is 15.9. The Bertz CT molecular complexity index is 2320. The van der Waals surface area contributed by atoms with Crippen molar-refractivity contribution in [2.45, 2.75) is 39.4 Å². The van der Waals surface area contributed by atoms with E-state index in [2.05, 4.69) is 11.9 Å². The zero-order valence-electron chi connectivity index (χ0n) is 27.5. The van der Waals surface area contributed by atoms with Gasteiger partial charge in [0, 0.05) is 53.5 Å². The molecule has 2 aromatic carbocycles. The number of aryl methyl sites for hydroxylation is 2. The number of carbonyl (C=O) groups is 2. The van der Waals surface area contributed by atoms with Crippen LogP contribution in [0.5, 0.6) is 5.75 Å².